The standard InChI is InChI=1S/C16H16Cl2N2O2/c1-10(19-15-9-11(17)3-8-14(15)18)16(21)20-12-4-6-13(22-2)7-5-12/h3-10,19H,1-2H3,(H,20,21)/t10-/m0/s1. The van der Waals surface area contributed by atoms with Gasteiger partial charge in [-0.05, 0) is 49.4 Å². The van der Waals surface area contributed by atoms with Crippen molar-refractivity contribution in [2.45, 2.75) is 13.0 Å². The van der Waals surface area contributed by atoms with Crippen LogP contribution in [0.2, 0.25) is 10.0 Å². The van der Waals surface area contributed by atoms with Crippen LogP contribution >= 0.6 is 23.2 Å². The summed E-state index contributed by atoms with van der Waals surface area (Å²) in [5.41, 5.74) is 1.31. The fraction of sp³-hybridized carbons (Fsp3) is 0.188. The van der Waals surface area contributed by atoms with Gasteiger partial charge < -0.3 is 15.4 Å². The van der Waals surface area contributed by atoms with Gasteiger partial charge in [-0.25, -0.2) is 0 Å². The quantitative estimate of drug-likeness (QED) is 0.847. The second-order valence-electron chi connectivity index (χ2n) is 4.71. The molecule has 116 valence electrons. The lowest BCUT2D eigenvalue weighted by Gasteiger charge is -2.16. The van der Waals surface area contributed by atoms with Crippen LogP contribution in [-0.4, -0.2) is 19.1 Å². The Balaban J connectivity index is 2.00. The molecule has 1 amide bonds. The largest absolute Gasteiger partial charge is 0.497 e. The van der Waals surface area contributed by atoms with Crippen molar-refractivity contribution in [3.8, 4) is 5.75 Å². The van der Waals surface area contributed by atoms with E-state index >= 15 is 0 Å². The van der Waals surface area contributed by atoms with Gasteiger partial charge in [-0.2, -0.15) is 0 Å². The van der Waals surface area contributed by atoms with Crippen LogP contribution in [0.4, 0.5) is 11.4 Å². The lowest BCUT2D eigenvalue weighted by molar-refractivity contribution is -0.116. The normalized spacial score (nSPS) is 11.6. The van der Waals surface area contributed by atoms with E-state index in [2.05, 4.69) is 10.6 Å². The predicted octanol–water partition coefficient (Wildman–Crippen LogP) is 4.44. The third kappa shape index (κ3) is 4.29. The minimum Gasteiger partial charge on any atom is -0.497 e. The van der Waals surface area contributed by atoms with Crippen molar-refractivity contribution in [1.29, 1.82) is 0 Å². The van der Waals surface area contributed by atoms with Gasteiger partial charge >= 0.3 is 0 Å². The van der Waals surface area contributed by atoms with E-state index in [1.54, 1.807) is 56.5 Å². The maximum Gasteiger partial charge on any atom is 0.246 e. The molecule has 0 spiro atoms. The highest BCUT2D eigenvalue weighted by molar-refractivity contribution is 6.35. The second-order valence-corrected chi connectivity index (χ2v) is 5.55. The van der Waals surface area contributed by atoms with Gasteiger partial charge in [-0.1, -0.05) is 23.2 Å². The summed E-state index contributed by atoms with van der Waals surface area (Å²) < 4.78 is 5.07. The van der Waals surface area contributed by atoms with E-state index < -0.39 is 6.04 Å². The zero-order chi connectivity index (χ0) is 16.1. The lowest BCUT2D eigenvalue weighted by Crippen LogP contribution is -2.31. The molecule has 0 bridgehead atoms. The van der Waals surface area contributed by atoms with Gasteiger partial charge in [0.2, 0.25) is 5.91 Å². The molecule has 2 N–H and O–H groups in total. The van der Waals surface area contributed by atoms with Gasteiger partial charge in [0.1, 0.15) is 11.8 Å². The Labute approximate surface area is 139 Å². The van der Waals surface area contributed by atoms with E-state index in [4.69, 9.17) is 27.9 Å². The molecule has 0 unspecified atom stereocenters. The Hall–Kier alpha value is -1.91. The summed E-state index contributed by atoms with van der Waals surface area (Å²) in [6.07, 6.45) is 0. The number of rotatable bonds is 5. The van der Waals surface area contributed by atoms with Crippen molar-refractivity contribution >= 4 is 40.5 Å². The summed E-state index contributed by atoms with van der Waals surface area (Å²) in [7, 11) is 1.59. The third-order valence-corrected chi connectivity index (χ3v) is 3.62. The van der Waals surface area contributed by atoms with Crippen molar-refractivity contribution < 1.29 is 9.53 Å². The summed E-state index contributed by atoms with van der Waals surface area (Å²) in [5, 5.41) is 6.91. The summed E-state index contributed by atoms with van der Waals surface area (Å²) in [4.78, 5) is 12.2. The maximum atomic E-state index is 12.2. The Kier molecular flexibility index (Phi) is 5.52. The first-order valence-corrected chi connectivity index (χ1v) is 7.41. The first-order valence-electron chi connectivity index (χ1n) is 6.66. The van der Waals surface area contributed by atoms with E-state index in [9.17, 15) is 4.79 Å². The molecule has 2 aromatic rings. The third-order valence-electron chi connectivity index (χ3n) is 3.05. The first-order chi connectivity index (χ1) is 10.5. The van der Waals surface area contributed by atoms with E-state index in [-0.39, 0.29) is 5.91 Å². The Morgan fingerprint density at radius 3 is 2.45 bits per heavy atom. The molecule has 2 aromatic carbocycles. The van der Waals surface area contributed by atoms with Crippen molar-refractivity contribution in [2.75, 3.05) is 17.7 Å². The van der Waals surface area contributed by atoms with Crippen molar-refractivity contribution in [1.82, 2.24) is 0 Å². The van der Waals surface area contributed by atoms with Crippen LogP contribution in [-0.2, 0) is 4.79 Å². The SMILES string of the molecule is COc1ccc(NC(=O)[C@H](C)Nc2cc(Cl)ccc2Cl)cc1. The number of amides is 1. The summed E-state index contributed by atoms with van der Waals surface area (Å²) in [6.45, 7) is 1.75. The first kappa shape index (κ1) is 16.5. The van der Waals surface area contributed by atoms with Crippen LogP contribution in [0.5, 0.6) is 5.75 Å². The van der Waals surface area contributed by atoms with Crippen LogP contribution in [0.3, 0.4) is 0 Å². The number of anilines is 2. The molecule has 2 rings (SSSR count). The molecule has 0 aliphatic heterocycles. The van der Waals surface area contributed by atoms with E-state index in [0.717, 1.165) is 5.75 Å². The number of carbonyl (C=O) groups excluding carboxylic acids is 1. The molecule has 22 heavy (non-hydrogen) atoms. The summed E-state index contributed by atoms with van der Waals surface area (Å²) in [5.74, 6) is 0.552. The van der Waals surface area contributed by atoms with E-state index in [1.807, 2.05) is 0 Å². The molecule has 1 atom stereocenters. The fourth-order valence-electron chi connectivity index (χ4n) is 1.83. The lowest BCUT2D eigenvalue weighted by atomic mass is 10.2. The Bertz CT molecular complexity index is 660. The summed E-state index contributed by atoms with van der Waals surface area (Å²) >= 11 is 12.0. The Morgan fingerprint density at radius 2 is 1.82 bits per heavy atom. The fourth-order valence-corrected chi connectivity index (χ4v) is 2.18. The number of ether oxygens (including phenoxy) is 1. The Morgan fingerprint density at radius 1 is 1.14 bits per heavy atom. The maximum absolute atomic E-state index is 12.2. The molecule has 0 aromatic heterocycles. The summed E-state index contributed by atoms with van der Waals surface area (Å²) in [6, 6.07) is 11.7. The monoisotopic (exact) mass is 338 g/mol. The van der Waals surface area contributed by atoms with Gasteiger partial charge in [0.25, 0.3) is 0 Å². The van der Waals surface area contributed by atoms with Crippen molar-refractivity contribution in [3.05, 3.63) is 52.5 Å². The molecule has 0 saturated heterocycles. The molecular weight excluding hydrogens is 323 g/mol. The van der Waals surface area contributed by atoms with Gasteiger partial charge in [0.05, 0.1) is 17.8 Å². The highest BCUT2D eigenvalue weighted by atomic mass is 35.5. The molecule has 0 fully saturated rings. The smallest absolute Gasteiger partial charge is 0.246 e. The number of nitrogens with one attached hydrogen (secondary N) is 2. The average molecular weight is 339 g/mol. The van der Waals surface area contributed by atoms with Gasteiger partial charge in [-0.15, -0.1) is 0 Å². The molecule has 0 saturated carbocycles. The molecule has 6 heteroatoms. The van der Waals surface area contributed by atoms with Crippen LogP contribution in [0.25, 0.3) is 0 Å². The highest BCUT2D eigenvalue weighted by Crippen LogP contribution is 2.26. The number of hydrogen-bond donors (Lipinski definition) is 2. The van der Waals surface area contributed by atoms with Gasteiger partial charge in [-0.3, -0.25) is 4.79 Å². The van der Waals surface area contributed by atoms with Crippen molar-refractivity contribution in [3.63, 3.8) is 0 Å². The number of hydrogen-bond acceptors (Lipinski definition) is 3. The van der Waals surface area contributed by atoms with Crippen LogP contribution in [0.1, 0.15) is 6.92 Å². The number of methoxy groups -OCH3 is 1. The topological polar surface area (TPSA) is 50.4 Å². The van der Waals surface area contributed by atoms with Gasteiger partial charge in [0.15, 0.2) is 0 Å². The average Bonchev–Trinajstić information content (AvgIpc) is 2.51. The second kappa shape index (κ2) is 7.38. The highest BCUT2D eigenvalue weighted by Gasteiger charge is 2.14. The van der Waals surface area contributed by atoms with Crippen LogP contribution in [0.15, 0.2) is 42.5 Å². The van der Waals surface area contributed by atoms with Crippen molar-refractivity contribution in [2.24, 2.45) is 0 Å². The number of benzene rings is 2. The zero-order valence-corrected chi connectivity index (χ0v) is 13.7. The molecule has 0 aliphatic carbocycles. The zero-order valence-electron chi connectivity index (χ0n) is 12.2. The molecule has 0 radical (unpaired) electrons. The molecule has 0 heterocycles. The number of carbonyl (C=O) groups is 1. The van der Waals surface area contributed by atoms with E-state index in [1.165, 1.54) is 0 Å². The predicted molar refractivity (Wildman–Crippen MR) is 91.2 cm³/mol. The minimum atomic E-state index is -0.474. The molecule has 0 aliphatic rings. The van der Waals surface area contributed by atoms with E-state index in [0.29, 0.717) is 21.4 Å². The minimum absolute atomic E-state index is 0.179. The van der Waals surface area contributed by atoms with Crippen LogP contribution < -0.4 is 15.4 Å². The molecule has 4 nitrogen and oxygen atoms in total. The van der Waals surface area contributed by atoms with Crippen LogP contribution in [0, 0.1) is 0 Å². The van der Waals surface area contributed by atoms with Gasteiger partial charge in [0, 0.05) is 10.7 Å². The number of halogens is 2. The molecular formula is C16H16Cl2N2O2.